The highest BCUT2D eigenvalue weighted by Gasteiger charge is 2.35. The van der Waals surface area contributed by atoms with Gasteiger partial charge < -0.3 is 78.7 Å². The normalized spacial score (nSPS) is 14.4. The minimum Gasteiger partial charge on any atom is -0.507 e. The zero-order chi connectivity index (χ0) is 56.4. The average Bonchev–Trinajstić information content (AvgIpc) is 4.13. The van der Waals surface area contributed by atoms with Gasteiger partial charge in [-0.15, -0.1) is 0 Å². The number of carboxylic acid groups (broad SMARTS) is 3. The summed E-state index contributed by atoms with van der Waals surface area (Å²) in [6, 6.07) is 16.4. The van der Waals surface area contributed by atoms with Gasteiger partial charge in [0.25, 0.3) is 11.8 Å². The minimum absolute atomic E-state index is 0.00836. The number of phenolic OH excluding ortho intramolecular Hbond substituents is 1. The van der Waals surface area contributed by atoms with E-state index in [1.807, 2.05) is 31.2 Å². The summed E-state index contributed by atoms with van der Waals surface area (Å²) in [5.74, 6) is -9.01. The number of phenols is 1. The predicted octanol–water partition coefficient (Wildman–Crippen LogP) is 3.31. The van der Waals surface area contributed by atoms with E-state index < -0.39 is 78.5 Å². The molecule has 1 aliphatic heterocycles. The van der Waals surface area contributed by atoms with Crippen LogP contribution in [0.5, 0.6) is 5.75 Å². The molecular formula is C51H56N12O13S2. The Labute approximate surface area is 451 Å². The van der Waals surface area contributed by atoms with Crippen molar-refractivity contribution in [2.24, 2.45) is 11.5 Å². The maximum absolute atomic E-state index is 13.9. The molecule has 7 rings (SSSR count). The zero-order valence-electron chi connectivity index (χ0n) is 41.6. The van der Waals surface area contributed by atoms with Gasteiger partial charge in [0.2, 0.25) is 23.6 Å². The fraction of sp³-hybridized carbons (Fsp3) is 0.294. The topological polar surface area (TPSA) is 417 Å². The summed E-state index contributed by atoms with van der Waals surface area (Å²) in [5.41, 5.74) is 15.4. The lowest BCUT2D eigenvalue weighted by atomic mass is 9.95. The number of amides is 6. The maximum Gasteiger partial charge on any atom is 0.327 e. The third kappa shape index (κ3) is 14.4. The Kier molecular flexibility index (Phi) is 18.5. The first-order chi connectivity index (χ1) is 37.1. The highest BCUT2D eigenvalue weighted by atomic mass is 33.1. The number of aromatic amines is 2. The van der Waals surface area contributed by atoms with E-state index in [1.165, 1.54) is 0 Å². The molecule has 27 heteroatoms. The molecule has 1 aliphatic rings. The average molecular weight is 1110 g/mol. The molecule has 6 aromatic rings. The van der Waals surface area contributed by atoms with E-state index in [0.29, 0.717) is 51.1 Å². The monoisotopic (exact) mass is 1110 g/mol. The van der Waals surface area contributed by atoms with Crippen molar-refractivity contribution in [3.05, 3.63) is 95.8 Å². The van der Waals surface area contributed by atoms with E-state index in [1.54, 1.807) is 59.5 Å². The molecule has 410 valence electrons. The second-order valence-corrected chi connectivity index (χ2v) is 21.0. The molecule has 0 saturated carbocycles. The number of hydrogen-bond acceptors (Lipinski definition) is 14. The summed E-state index contributed by atoms with van der Waals surface area (Å²) in [7, 11) is 2.13. The summed E-state index contributed by atoms with van der Waals surface area (Å²) >= 11 is 0. The zero-order valence-corrected chi connectivity index (χ0v) is 43.3. The fourth-order valence-corrected chi connectivity index (χ4v) is 10.9. The number of fused-ring (bicyclic) bond motifs is 5. The van der Waals surface area contributed by atoms with Crippen LogP contribution >= 0.6 is 21.6 Å². The van der Waals surface area contributed by atoms with E-state index in [4.69, 9.17) is 22.0 Å². The molecule has 6 amide bonds. The second-order valence-electron chi connectivity index (χ2n) is 18.3. The molecule has 5 atom stereocenters. The lowest BCUT2D eigenvalue weighted by Gasteiger charge is -2.24. The van der Waals surface area contributed by atoms with Crippen LogP contribution in [-0.4, -0.2) is 138 Å². The molecule has 3 heterocycles. The van der Waals surface area contributed by atoms with Crippen molar-refractivity contribution < 1.29 is 63.6 Å². The van der Waals surface area contributed by atoms with Gasteiger partial charge in [0.05, 0.1) is 24.6 Å². The fourth-order valence-electron chi connectivity index (χ4n) is 8.76. The van der Waals surface area contributed by atoms with Crippen molar-refractivity contribution in [2.45, 2.75) is 69.1 Å². The molecule has 0 bridgehead atoms. The first-order valence-electron chi connectivity index (χ1n) is 24.2. The largest absolute Gasteiger partial charge is 0.507 e. The summed E-state index contributed by atoms with van der Waals surface area (Å²) in [6.45, 7) is 2.56. The Balaban J connectivity index is 0.880. The van der Waals surface area contributed by atoms with Crippen LogP contribution < -0.4 is 48.3 Å². The van der Waals surface area contributed by atoms with Crippen LogP contribution in [0.15, 0.2) is 78.9 Å². The Hall–Kier alpha value is -8.82. The molecule has 0 fully saturated rings. The molecule has 78 heavy (non-hydrogen) atoms. The first-order valence-corrected chi connectivity index (χ1v) is 26.7. The van der Waals surface area contributed by atoms with Crippen LogP contribution in [0.2, 0.25) is 0 Å². The molecule has 25 nitrogen and oxygen atoms in total. The van der Waals surface area contributed by atoms with Crippen molar-refractivity contribution in [1.82, 2.24) is 31.2 Å². The highest BCUT2D eigenvalue weighted by molar-refractivity contribution is 8.76. The van der Waals surface area contributed by atoms with Gasteiger partial charge in [-0.2, -0.15) is 0 Å². The van der Waals surface area contributed by atoms with Gasteiger partial charge in [0, 0.05) is 81.6 Å². The van der Waals surface area contributed by atoms with Gasteiger partial charge in [-0.1, -0.05) is 52.8 Å². The number of nitrogens with one attached hydrogen (secondary N) is 9. The quantitative estimate of drug-likeness (QED) is 0.0169. The number of nitrogens with two attached hydrogens (primary N) is 2. The standard InChI is InChI=1S/C51H56N12O13S2/c1-24-22-63(39-21-40(64)29-5-2-3-6-30(29)44(24)39)49(74)37-18-26-16-28(9-11-33(26)59-37)57-47(72)35-17-25-15-27(8-10-32(25)58-35)56-41(65)12-14-77-78-23-38(50(75)76)62-48(73)36(20-43(68)69)61-46(71)34(7-4-13-55-51(53)54)60-45(70)31(52)19-42(66)67/h2-3,5-6,8-11,15-18,21,24,31,34,36,38,58-59,64H,4,7,12-14,19-20,22-23,52H2,1H3,(H,56,65)(H,57,72)(H,60,70)(H,61,71)(H,62,73)(H,66,67)(H,68,69)(H,75,76)(H4,53,54,55)/t24?,31-,34-,36-,38-/m0/s1. The number of anilines is 3. The first kappa shape index (κ1) is 56.9. The number of guanidine groups is 1. The van der Waals surface area contributed by atoms with Crippen molar-refractivity contribution in [2.75, 3.05) is 40.1 Å². The molecule has 17 N–H and O–H groups in total. The van der Waals surface area contributed by atoms with Crippen molar-refractivity contribution in [1.29, 1.82) is 5.41 Å². The SMILES string of the molecule is CC1CN(C(=O)c2cc3cc(NC(=O)c4cc5cc(NC(=O)CCSSC[C@H](NC(=O)[C@H](CC(=O)O)NC(=O)[C@H](CCCNC(=N)N)NC(=O)[C@@H](N)CC(=O)O)C(=O)O)ccc5[nH]4)ccc3[nH]2)c2cc(O)c3ccccc3c21. The number of hydrogen-bond donors (Lipinski definition) is 15. The van der Waals surface area contributed by atoms with Crippen molar-refractivity contribution in [3.63, 3.8) is 0 Å². The van der Waals surface area contributed by atoms with Crippen LogP contribution in [0.1, 0.15) is 71.5 Å². The van der Waals surface area contributed by atoms with Crippen LogP contribution in [0.25, 0.3) is 32.6 Å². The lowest BCUT2D eigenvalue weighted by Crippen LogP contribution is -2.58. The van der Waals surface area contributed by atoms with E-state index in [0.717, 1.165) is 37.9 Å². The Morgan fingerprint density at radius 3 is 2.00 bits per heavy atom. The summed E-state index contributed by atoms with van der Waals surface area (Å²) < 4.78 is 0. The Bertz CT molecular complexity index is 3350. The number of carboxylic acids is 3. The Morgan fingerprint density at radius 1 is 0.744 bits per heavy atom. The van der Waals surface area contributed by atoms with Crippen LogP contribution in [0.3, 0.4) is 0 Å². The smallest absolute Gasteiger partial charge is 0.327 e. The number of rotatable bonds is 25. The van der Waals surface area contributed by atoms with Gasteiger partial charge in [0.15, 0.2) is 5.96 Å². The van der Waals surface area contributed by atoms with Crippen LogP contribution in [-0.2, 0) is 33.6 Å². The third-order valence-corrected chi connectivity index (χ3v) is 14.9. The predicted molar refractivity (Wildman–Crippen MR) is 293 cm³/mol. The summed E-state index contributed by atoms with van der Waals surface area (Å²) in [6.07, 6.45) is -1.81. The summed E-state index contributed by atoms with van der Waals surface area (Å²) in [5, 5.41) is 64.3. The second kappa shape index (κ2) is 25.3. The van der Waals surface area contributed by atoms with Crippen LogP contribution in [0, 0.1) is 5.41 Å². The van der Waals surface area contributed by atoms with Gasteiger partial charge in [-0.05, 0) is 72.3 Å². The van der Waals surface area contributed by atoms with Crippen molar-refractivity contribution in [3.8, 4) is 5.75 Å². The van der Waals surface area contributed by atoms with Gasteiger partial charge in [-0.25, -0.2) is 4.79 Å². The number of aromatic nitrogens is 2. The molecular weight excluding hydrogens is 1050 g/mol. The maximum atomic E-state index is 13.9. The van der Waals surface area contributed by atoms with E-state index in [-0.39, 0.29) is 72.4 Å². The molecule has 2 aromatic heterocycles. The number of H-pyrrole nitrogens is 2. The molecule has 0 radical (unpaired) electrons. The highest BCUT2D eigenvalue weighted by Crippen LogP contribution is 2.45. The molecule has 4 aromatic carbocycles. The third-order valence-electron chi connectivity index (χ3n) is 12.5. The van der Waals surface area contributed by atoms with Gasteiger partial charge in [-0.3, -0.25) is 43.8 Å². The molecule has 0 spiro atoms. The molecule has 0 saturated heterocycles. The van der Waals surface area contributed by atoms with Gasteiger partial charge in [0.1, 0.15) is 35.3 Å². The van der Waals surface area contributed by atoms with Crippen LogP contribution in [0.4, 0.5) is 17.1 Å². The summed E-state index contributed by atoms with van der Waals surface area (Å²) in [4.78, 5) is 122. The lowest BCUT2D eigenvalue weighted by molar-refractivity contribution is -0.143. The number of carbonyl (C=O) groups is 9. The molecule has 0 aliphatic carbocycles. The number of benzene rings is 4. The minimum atomic E-state index is -1.82. The number of nitrogens with zero attached hydrogens (tertiary/aromatic N) is 1. The Morgan fingerprint density at radius 2 is 1.35 bits per heavy atom. The van der Waals surface area contributed by atoms with E-state index in [2.05, 4.69) is 41.9 Å². The molecule has 1 unspecified atom stereocenters. The number of aliphatic carboxylic acids is 3. The van der Waals surface area contributed by atoms with Crippen molar-refractivity contribution >= 4 is 131 Å². The van der Waals surface area contributed by atoms with E-state index >= 15 is 0 Å². The van der Waals surface area contributed by atoms with Gasteiger partial charge >= 0.3 is 17.9 Å². The number of aromatic hydroxyl groups is 1. The van der Waals surface area contributed by atoms with E-state index in [9.17, 15) is 58.5 Å². The number of carbonyl (C=O) groups excluding carboxylic acids is 6.